The van der Waals surface area contributed by atoms with Crippen molar-refractivity contribution in [3.63, 3.8) is 0 Å². The topological polar surface area (TPSA) is 63.5 Å². The molecule has 2 saturated heterocycles. The minimum absolute atomic E-state index is 0.276. The Labute approximate surface area is 148 Å². The van der Waals surface area contributed by atoms with E-state index in [4.69, 9.17) is 14.0 Å². The van der Waals surface area contributed by atoms with Gasteiger partial charge in [-0.2, -0.15) is 5.26 Å². The molecular weight excluding hydrogens is 322 g/mol. The highest BCUT2D eigenvalue weighted by Crippen LogP contribution is 2.36. The summed E-state index contributed by atoms with van der Waals surface area (Å²) in [5.74, 6) is 0.400. The summed E-state index contributed by atoms with van der Waals surface area (Å²) < 4.78 is 31.8. The third-order valence-electron chi connectivity index (χ3n) is 5.28. The van der Waals surface area contributed by atoms with Crippen LogP contribution in [0.4, 0.5) is 4.39 Å². The van der Waals surface area contributed by atoms with Gasteiger partial charge in [-0.15, -0.1) is 0 Å². The fourth-order valence-corrected chi connectivity index (χ4v) is 2.96. The van der Waals surface area contributed by atoms with Crippen molar-refractivity contribution < 1.29 is 18.4 Å². The zero-order valence-corrected chi connectivity index (χ0v) is 15.1. The molecule has 0 aliphatic carbocycles. The first kappa shape index (κ1) is 18.2. The molecular formula is C18H24BFN2O3. The maximum atomic E-state index is 14.0. The number of halogens is 1. The number of hydrogen-bond donors (Lipinski definition) is 1. The van der Waals surface area contributed by atoms with Crippen molar-refractivity contribution in [2.75, 3.05) is 13.1 Å². The fourth-order valence-electron chi connectivity index (χ4n) is 2.96. The number of nitrogens with zero attached hydrogens (tertiary/aromatic N) is 1. The van der Waals surface area contributed by atoms with E-state index in [0.717, 1.165) is 5.46 Å². The third-order valence-corrected chi connectivity index (χ3v) is 5.28. The van der Waals surface area contributed by atoms with Crippen molar-refractivity contribution >= 4 is 12.6 Å². The van der Waals surface area contributed by atoms with Crippen molar-refractivity contribution in [1.82, 2.24) is 5.32 Å². The van der Waals surface area contributed by atoms with Gasteiger partial charge in [0, 0.05) is 6.54 Å². The minimum Gasteiger partial charge on any atom is -0.486 e. The van der Waals surface area contributed by atoms with Gasteiger partial charge >= 0.3 is 7.12 Å². The van der Waals surface area contributed by atoms with Crippen LogP contribution in [0.25, 0.3) is 0 Å². The first-order chi connectivity index (χ1) is 11.7. The summed E-state index contributed by atoms with van der Waals surface area (Å²) in [4.78, 5) is 0. The second-order valence-corrected chi connectivity index (χ2v) is 7.62. The fraction of sp³-hybridized carbons (Fsp3) is 0.611. The quantitative estimate of drug-likeness (QED) is 0.848. The highest BCUT2D eigenvalue weighted by molar-refractivity contribution is 6.62. The van der Waals surface area contributed by atoms with Gasteiger partial charge in [0.25, 0.3) is 0 Å². The van der Waals surface area contributed by atoms with Gasteiger partial charge < -0.3 is 19.4 Å². The molecule has 2 aliphatic heterocycles. The number of alkyl halides is 1. The van der Waals surface area contributed by atoms with Gasteiger partial charge in [-0.1, -0.05) is 6.07 Å². The van der Waals surface area contributed by atoms with Gasteiger partial charge in [-0.05, 0) is 58.3 Å². The predicted octanol–water partition coefficient (Wildman–Crippen LogP) is 1.94. The van der Waals surface area contributed by atoms with Gasteiger partial charge in [0.1, 0.15) is 24.1 Å². The van der Waals surface area contributed by atoms with E-state index in [2.05, 4.69) is 11.4 Å². The molecule has 1 N–H and O–H groups in total. The average molecular weight is 346 g/mol. The number of nitriles is 1. The SMILES string of the molecule is CC1(C)OB(c2ccc(OC3CCNCC3F)c(C#N)c2)OC1(C)C. The van der Waals surface area contributed by atoms with Crippen molar-refractivity contribution in [3.05, 3.63) is 23.8 Å². The van der Waals surface area contributed by atoms with Crippen LogP contribution in [0.2, 0.25) is 0 Å². The van der Waals surface area contributed by atoms with Crippen LogP contribution < -0.4 is 15.5 Å². The molecule has 0 bridgehead atoms. The molecule has 0 spiro atoms. The lowest BCUT2D eigenvalue weighted by atomic mass is 9.78. The normalized spacial score (nSPS) is 27.8. The molecule has 2 heterocycles. The van der Waals surface area contributed by atoms with Gasteiger partial charge in [-0.3, -0.25) is 0 Å². The number of ether oxygens (including phenoxy) is 1. The number of hydrogen-bond acceptors (Lipinski definition) is 5. The van der Waals surface area contributed by atoms with Gasteiger partial charge in [0.2, 0.25) is 0 Å². The van der Waals surface area contributed by atoms with Crippen molar-refractivity contribution in [2.45, 2.75) is 57.6 Å². The first-order valence-corrected chi connectivity index (χ1v) is 8.64. The Bertz CT molecular complexity index is 673. The molecule has 2 atom stereocenters. The second-order valence-electron chi connectivity index (χ2n) is 7.62. The maximum Gasteiger partial charge on any atom is 0.494 e. The van der Waals surface area contributed by atoms with E-state index < -0.39 is 30.6 Å². The van der Waals surface area contributed by atoms with Crippen LogP contribution in [0.1, 0.15) is 39.7 Å². The van der Waals surface area contributed by atoms with Crippen LogP contribution in [-0.4, -0.2) is 43.7 Å². The number of benzene rings is 1. The lowest BCUT2D eigenvalue weighted by molar-refractivity contribution is 0.00578. The molecule has 0 radical (unpaired) electrons. The van der Waals surface area contributed by atoms with Crippen molar-refractivity contribution in [3.8, 4) is 11.8 Å². The Morgan fingerprint density at radius 2 is 1.96 bits per heavy atom. The third kappa shape index (κ3) is 3.52. The predicted molar refractivity (Wildman–Crippen MR) is 93.7 cm³/mol. The Kier molecular flexibility index (Phi) is 4.80. The molecule has 1 aromatic carbocycles. The summed E-state index contributed by atoms with van der Waals surface area (Å²) in [6.45, 7) is 8.91. The number of rotatable bonds is 3. The van der Waals surface area contributed by atoms with Gasteiger partial charge in [-0.25, -0.2) is 4.39 Å². The highest BCUT2D eigenvalue weighted by Gasteiger charge is 2.51. The zero-order chi connectivity index (χ0) is 18.2. The van der Waals surface area contributed by atoms with Crippen molar-refractivity contribution in [1.29, 1.82) is 5.26 Å². The van der Waals surface area contributed by atoms with E-state index in [1.807, 2.05) is 33.8 Å². The van der Waals surface area contributed by atoms with E-state index in [1.165, 1.54) is 0 Å². The summed E-state index contributed by atoms with van der Waals surface area (Å²) in [7, 11) is -0.543. The average Bonchev–Trinajstić information content (AvgIpc) is 2.78. The number of nitrogens with one attached hydrogen (secondary N) is 1. The molecule has 134 valence electrons. The molecule has 3 rings (SSSR count). The van der Waals surface area contributed by atoms with E-state index in [1.54, 1.807) is 12.1 Å². The summed E-state index contributed by atoms with van der Waals surface area (Å²) in [6, 6.07) is 7.35. The minimum atomic E-state index is -1.08. The molecule has 7 heteroatoms. The van der Waals surface area contributed by atoms with E-state index in [-0.39, 0.29) is 6.54 Å². The number of piperidine rings is 1. The lowest BCUT2D eigenvalue weighted by Gasteiger charge is -2.32. The van der Waals surface area contributed by atoms with E-state index in [9.17, 15) is 9.65 Å². The Morgan fingerprint density at radius 3 is 2.56 bits per heavy atom. The first-order valence-electron chi connectivity index (χ1n) is 8.64. The van der Waals surface area contributed by atoms with Crippen LogP contribution in [0.15, 0.2) is 18.2 Å². The summed E-state index contributed by atoms with van der Waals surface area (Å²) in [5, 5.41) is 12.5. The summed E-state index contributed by atoms with van der Waals surface area (Å²) >= 11 is 0. The molecule has 1 aromatic rings. The molecule has 0 amide bonds. The van der Waals surface area contributed by atoms with Gasteiger partial charge in [0.05, 0.1) is 16.8 Å². The van der Waals surface area contributed by atoms with Crippen LogP contribution in [-0.2, 0) is 9.31 Å². The standard InChI is InChI=1S/C18H24BFN2O3/c1-17(2)18(3,4)25-19(24-17)13-5-6-15(12(9-13)10-21)23-16-7-8-22-11-14(16)20/h5-6,9,14,16,22H,7-8,11H2,1-4H3. The van der Waals surface area contributed by atoms with Crippen LogP contribution in [0, 0.1) is 11.3 Å². The van der Waals surface area contributed by atoms with Crippen LogP contribution in [0.3, 0.4) is 0 Å². The van der Waals surface area contributed by atoms with Gasteiger partial charge in [0.15, 0.2) is 0 Å². The van der Waals surface area contributed by atoms with E-state index >= 15 is 0 Å². The Hall–Kier alpha value is -1.62. The second kappa shape index (κ2) is 6.60. The molecule has 2 aliphatic rings. The summed E-state index contributed by atoms with van der Waals surface area (Å²) in [5.41, 5.74) is 0.217. The zero-order valence-electron chi connectivity index (χ0n) is 15.1. The molecule has 2 fully saturated rings. The largest absolute Gasteiger partial charge is 0.494 e. The molecule has 5 nitrogen and oxygen atoms in total. The Balaban J connectivity index is 1.80. The summed E-state index contributed by atoms with van der Waals surface area (Å²) in [6.07, 6.45) is -1.04. The van der Waals surface area contributed by atoms with Crippen LogP contribution >= 0.6 is 0 Å². The molecule has 0 aromatic heterocycles. The van der Waals surface area contributed by atoms with Crippen LogP contribution in [0.5, 0.6) is 5.75 Å². The maximum absolute atomic E-state index is 14.0. The highest BCUT2D eigenvalue weighted by atomic mass is 19.1. The van der Waals surface area contributed by atoms with Crippen molar-refractivity contribution in [2.24, 2.45) is 0 Å². The Morgan fingerprint density at radius 1 is 1.28 bits per heavy atom. The molecule has 0 saturated carbocycles. The monoisotopic (exact) mass is 346 g/mol. The smallest absolute Gasteiger partial charge is 0.486 e. The van der Waals surface area contributed by atoms with E-state index in [0.29, 0.717) is 24.3 Å². The lowest BCUT2D eigenvalue weighted by Crippen LogP contribution is -2.44. The molecule has 2 unspecified atom stereocenters. The molecule has 25 heavy (non-hydrogen) atoms.